The number of halogens is 3. The molecule has 0 aromatic carbocycles. The van der Waals surface area contributed by atoms with Gasteiger partial charge < -0.3 is 9.47 Å². The van der Waals surface area contributed by atoms with Crippen LogP contribution in [0.5, 0.6) is 0 Å². The van der Waals surface area contributed by atoms with Crippen LogP contribution in [0.2, 0.25) is 0 Å². The Morgan fingerprint density at radius 3 is 2.57 bits per heavy atom. The van der Waals surface area contributed by atoms with Crippen molar-refractivity contribution in [1.82, 2.24) is 0 Å². The van der Waals surface area contributed by atoms with E-state index >= 15 is 0 Å². The highest BCUT2D eigenvalue weighted by molar-refractivity contribution is 5.75. The molecule has 0 aliphatic carbocycles. The summed E-state index contributed by atoms with van der Waals surface area (Å²) in [6.45, 7) is 1.64. The second-order valence-electron chi connectivity index (χ2n) is 3.10. The smallest absolute Gasteiger partial charge is 0.456 e. The zero-order chi connectivity index (χ0) is 10.8. The number of ether oxygens (including phenoxy) is 2. The Morgan fingerprint density at radius 2 is 2.07 bits per heavy atom. The maximum absolute atomic E-state index is 11.6. The van der Waals surface area contributed by atoms with Crippen LogP contribution in [0, 0.1) is 0 Å². The maximum Gasteiger partial charge on any atom is 0.490 e. The van der Waals surface area contributed by atoms with Crippen molar-refractivity contribution in [2.75, 3.05) is 6.61 Å². The molecule has 0 unspecified atom stereocenters. The van der Waals surface area contributed by atoms with Gasteiger partial charge in [0.25, 0.3) is 0 Å². The summed E-state index contributed by atoms with van der Waals surface area (Å²) < 4.78 is 43.9. The monoisotopic (exact) mass is 212 g/mol. The molecule has 0 aromatic heterocycles. The number of epoxide rings is 1. The van der Waals surface area contributed by atoms with Crippen LogP contribution < -0.4 is 0 Å². The summed E-state index contributed by atoms with van der Waals surface area (Å²) in [6, 6.07) is 0. The normalized spacial score (nSPS) is 26.0. The standard InChI is InChI=1S/C8H11F3O3/c1-2-3-5-6(14-5)4-13-7(12)8(9,10)11/h5-6H,2-4H2,1H3/t5-,6-/m1/s1. The molecule has 82 valence electrons. The predicted molar refractivity (Wildman–Crippen MR) is 40.6 cm³/mol. The van der Waals surface area contributed by atoms with Gasteiger partial charge >= 0.3 is 12.1 Å². The van der Waals surface area contributed by atoms with Gasteiger partial charge in [0.05, 0.1) is 6.10 Å². The van der Waals surface area contributed by atoms with E-state index < -0.39 is 12.1 Å². The van der Waals surface area contributed by atoms with E-state index in [0.29, 0.717) is 0 Å². The molecule has 0 bridgehead atoms. The number of carbonyl (C=O) groups excluding carboxylic acids is 1. The molecule has 1 rings (SSSR count). The van der Waals surface area contributed by atoms with Crippen molar-refractivity contribution >= 4 is 5.97 Å². The van der Waals surface area contributed by atoms with Crippen molar-refractivity contribution in [1.29, 1.82) is 0 Å². The lowest BCUT2D eigenvalue weighted by Crippen LogP contribution is -2.27. The van der Waals surface area contributed by atoms with Crippen LogP contribution in [0.15, 0.2) is 0 Å². The first-order chi connectivity index (χ1) is 6.45. The van der Waals surface area contributed by atoms with Crippen molar-refractivity contribution in [2.45, 2.75) is 38.1 Å². The van der Waals surface area contributed by atoms with Gasteiger partial charge in [-0.1, -0.05) is 13.3 Å². The largest absolute Gasteiger partial charge is 0.490 e. The molecule has 2 atom stereocenters. The van der Waals surface area contributed by atoms with Crippen molar-refractivity contribution in [3.63, 3.8) is 0 Å². The van der Waals surface area contributed by atoms with Gasteiger partial charge in [0, 0.05) is 0 Å². The number of hydrogen-bond donors (Lipinski definition) is 0. The molecule has 1 aliphatic heterocycles. The lowest BCUT2D eigenvalue weighted by molar-refractivity contribution is -0.200. The zero-order valence-electron chi connectivity index (χ0n) is 7.63. The average Bonchev–Trinajstić information content (AvgIpc) is 2.78. The van der Waals surface area contributed by atoms with Crippen LogP contribution in [0.4, 0.5) is 13.2 Å². The molecule has 0 radical (unpaired) electrons. The lowest BCUT2D eigenvalue weighted by Gasteiger charge is -2.04. The third-order valence-electron chi connectivity index (χ3n) is 1.87. The summed E-state index contributed by atoms with van der Waals surface area (Å²) in [7, 11) is 0. The molecule has 1 saturated heterocycles. The Labute approximate surface area is 79.2 Å². The average molecular weight is 212 g/mol. The topological polar surface area (TPSA) is 38.8 Å². The molecular weight excluding hydrogens is 201 g/mol. The summed E-state index contributed by atoms with van der Waals surface area (Å²) in [5, 5.41) is 0. The van der Waals surface area contributed by atoms with Gasteiger partial charge in [-0.25, -0.2) is 4.79 Å². The van der Waals surface area contributed by atoms with Crippen molar-refractivity contribution in [3.05, 3.63) is 0 Å². The molecule has 0 saturated carbocycles. The Hall–Kier alpha value is -0.780. The number of rotatable bonds is 4. The number of carbonyl (C=O) groups is 1. The van der Waals surface area contributed by atoms with Crippen molar-refractivity contribution in [2.24, 2.45) is 0 Å². The van der Waals surface area contributed by atoms with E-state index in [1.165, 1.54) is 0 Å². The fourth-order valence-electron chi connectivity index (χ4n) is 1.10. The fraction of sp³-hybridized carbons (Fsp3) is 0.875. The van der Waals surface area contributed by atoms with Gasteiger partial charge in [0.2, 0.25) is 0 Å². The minimum absolute atomic E-state index is 0.0407. The van der Waals surface area contributed by atoms with Gasteiger partial charge in [0.1, 0.15) is 12.7 Å². The summed E-state index contributed by atoms with van der Waals surface area (Å²) in [6.07, 6.45) is -3.61. The van der Waals surface area contributed by atoms with E-state index in [4.69, 9.17) is 4.74 Å². The van der Waals surface area contributed by atoms with Gasteiger partial charge in [-0.15, -0.1) is 0 Å². The SMILES string of the molecule is CCC[C@H]1O[C@@H]1COC(=O)C(F)(F)F. The minimum Gasteiger partial charge on any atom is -0.456 e. The molecule has 0 spiro atoms. The predicted octanol–water partition coefficient (Wildman–Crippen LogP) is 1.66. The third-order valence-corrected chi connectivity index (χ3v) is 1.87. The van der Waals surface area contributed by atoms with Crippen LogP contribution >= 0.6 is 0 Å². The minimum atomic E-state index is -4.91. The Morgan fingerprint density at radius 1 is 1.43 bits per heavy atom. The number of esters is 1. The Bertz CT molecular complexity index is 214. The molecule has 1 fully saturated rings. The van der Waals surface area contributed by atoms with E-state index in [0.717, 1.165) is 12.8 Å². The van der Waals surface area contributed by atoms with E-state index in [9.17, 15) is 18.0 Å². The van der Waals surface area contributed by atoms with Gasteiger partial charge in [0.15, 0.2) is 0 Å². The highest BCUT2D eigenvalue weighted by Crippen LogP contribution is 2.27. The van der Waals surface area contributed by atoms with Crippen LogP contribution in [0.25, 0.3) is 0 Å². The highest BCUT2D eigenvalue weighted by Gasteiger charge is 2.44. The quantitative estimate of drug-likeness (QED) is 0.525. The maximum atomic E-state index is 11.6. The first kappa shape index (κ1) is 11.3. The van der Waals surface area contributed by atoms with Crippen LogP contribution in [0.1, 0.15) is 19.8 Å². The van der Waals surface area contributed by atoms with E-state index in [1.807, 2.05) is 6.92 Å². The fourth-order valence-corrected chi connectivity index (χ4v) is 1.10. The Balaban J connectivity index is 2.14. The molecule has 1 aliphatic rings. The molecule has 0 amide bonds. The van der Waals surface area contributed by atoms with E-state index in [1.54, 1.807) is 0 Å². The molecule has 0 N–H and O–H groups in total. The molecular formula is C8H11F3O3. The van der Waals surface area contributed by atoms with Crippen molar-refractivity contribution < 1.29 is 27.4 Å². The second-order valence-corrected chi connectivity index (χ2v) is 3.10. The van der Waals surface area contributed by atoms with Gasteiger partial charge in [-0.3, -0.25) is 0 Å². The number of alkyl halides is 3. The molecule has 0 aromatic rings. The third kappa shape index (κ3) is 3.17. The van der Waals surface area contributed by atoms with Crippen LogP contribution in [-0.4, -0.2) is 31.0 Å². The summed E-state index contributed by atoms with van der Waals surface area (Å²) in [5.41, 5.74) is 0. The molecule has 3 nitrogen and oxygen atoms in total. The van der Waals surface area contributed by atoms with Crippen molar-refractivity contribution in [3.8, 4) is 0 Å². The zero-order valence-corrected chi connectivity index (χ0v) is 7.63. The molecule has 14 heavy (non-hydrogen) atoms. The molecule has 1 heterocycles. The number of hydrogen-bond acceptors (Lipinski definition) is 3. The lowest BCUT2D eigenvalue weighted by atomic mass is 10.2. The van der Waals surface area contributed by atoms with Gasteiger partial charge in [-0.2, -0.15) is 13.2 Å². The second kappa shape index (κ2) is 4.16. The summed E-state index contributed by atoms with van der Waals surface area (Å²) in [5.74, 6) is -2.15. The molecule has 6 heteroatoms. The van der Waals surface area contributed by atoms with E-state index in [2.05, 4.69) is 4.74 Å². The summed E-state index contributed by atoms with van der Waals surface area (Å²) >= 11 is 0. The van der Waals surface area contributed by atoms with Crippen LogP contribution in [0.3, 0.4) is 0 Å². The Kier molecular flexibility index (Phi) is 3.36. The van der Waals surface area contributed by atoms with Crippen LogP contribution in [-0.2, 0) is 14.3 Å². The van der Waals surface area contributed by atoms with Gasteiger partial charge in [-0.05, 0) is 6.42 Å². The first-order valence-corrected chi connectivity index (χ1v) is 4.34. The first-order valence-electron chi connectivity index (χ1n) is 4.34. The van der Waals surface area contributed by atoms with E-state index in [-0.39, 0.29) is 18.8 Å². The highest BCUT2D eigenvalue weighted by atomic mass is 19.4. The summed E-state index contributed by atoms with van der Waals surface area (Å²) in [4.78, 5) is 10.3.